The van der Waals surface area contributed by atoms with Crippen molar-refractivity contribution in [3.05, 3.63) is 29.8 Å². The van der Waals surface area contributed by atoms with E-state index in [1.807, 2.05) is 12.1 Å². The van der Waals surface area contributed by atoms with E-state index < -0.39 is 0 Å². The largest absolute Gasteiger partial charge is 0.508 e. The Balaban J connectivity index is 2.51. The second kappa shape index (κ2) is 4.96. The van der Waals surface area contributed by atoms with Crippen molar-refractivity contribution in [3.63, 3.8) is 0 Å². The first-order valence-electron chi connectivity index (χ1n) is 4.64. The van der Waals surface area contributed by atoms with Crippen LogP contribution in [0.5, 0.6) is 5.75 Å². The predicted molar refractivity (Wildman–Crippen MR) is 62.4 cm³/mol. The quantitative estimate of drug-likeness (QED) is 0.748. The standard InChI is InChI=1S/C11H15NOS/c1-8(7-11(12)14)6-9-2-4-10(13)5-3-9/h2-5,8,13H,6-7H2,1H3,(H2,12,14). The Morgan fingerprint density at radius 2 is 2.00 bits per heavy atom. The first-order chi connectivity index (χ1) is 6.58. The van der Waals surface area contributed by atoms with Gasteiger partial charge in [0.15, 0.2) is 0 Å². The Hall–Kier alpha value is -1.09. The summed E-state index contributed by atoms with van der Waals surface area (Å²) < 4.78 is 0. The number of hydrogen-bond donors (Lipinski definition) is 2. The topological polar surface area (TPSA) is 46.2 Å². The van der Waals surface area contributed by atoms with Crippen molar-refractivity contribution < 1.29 is 5.11 Å². The van der Waals surface area contributed by atoms with Gasteiger partial charge < -0.3 is 10.8 Å². The van der Waals surface area contributed by atoms with Gasteiger partial charge in [0.2, 0.25) is 0 Å². The van der Waals surface area contributed by atoms with Crippen LogP contribution in [0.3, 0.4) is 0 Å². The lowest BCUT2D eigenvalue weighted by atomic mass is 9.98. The Morgan fingerprint density at radius 3 is 2.50 bits per heavy atom. The fraction of sp³-hybridized carbons (Fsp3) is 0.364. The molecule has 1 atom stereocenters. The number of benzene rings is 1. The summed E-state index contributed by atoms with van der Waals surface area (Å²) in [7, 11) is 0. The molecular formula is C11H15NOS. The van der Waals surface area contributed by atoms with E-state index in [2.05, 4.69) is 6.92 Å². The van der Waals surface area contributed by atoms with Gasteiger partial charge in [-0.2, -0.15) is 0 Å². The van der Waals surface area contributed by atoms with Gasteiger partial charge in [-0.15, -0.1) is 0 Å². The lowest BCUT2D eigenvalue weighted by molar-refractivity contribution is 0.474. The van der Waals surface area contributed by atoms with Gasteiger partial charge in [-0.3, -0.25) is 0 Å². The molecule has 0 spiro atoms. The smallest absolute Gasteiger partial charge is 0.115 e. The third kappa shape index (κ3) is 3.75. The number of nitrogens with two attached hydrogens (primary N) is 1. The van der Waals surface area contributed by atoms with E-state index in [4.69, 9.17) is 23.1 Å². The number of thiocarbonyl (C=S) groups is 1. The van der Waals surface area contributed by atoms with E-state index in [1.54, 1.807) is 12.1 Å². The van der Waals surface area contributed by atoms with Crippen LogP contribution < -0.4 is 5.73 Å². The molecule has 0 aliphatic heterocycles. The molecule has 2 nitrogen and oxygen atoms in total. The molecule has 0 aromatic heterocycles. The van der Waals surface area contributed by atoms with Gasteiger partial charge in [-0.1, -0.05) is 31.3 Å². The normalized spacial score (nSPS) is 12.4. The molecule has 14 heavy (non-hydrogen) atoms. The molecule has 1 aromatic carbocycles. The van der Waals surface area contributed by atoms with Crippen molar-refractivity contribution >= 4 is 17.2 Å². The first kappa shape index (κ1) is 11.0. The molecule has 0 aliphatic carbocycles. The minimum absolute atomic E-state index is 0.302. The summed E-state index contributed by atoms with van der Waals surface area (Å²) in [5, 5.41) is 9.10. The average Bonchev–Trinajstić information content (AvgIpc) is 2.07. The molecule has 1 unspecified atom stereocenters. The molecule has 0 amide bonds. The minimum atomic E-state index is 0.302. The van der Waals surface area contributed by atoms with Crippen molar-refractivity contribution in [2.24, 2.45) is 11.7 Å². The third-order valence-corrected chi connectivity index (χ3v) is 2.24. The van der Waals surface area contributed by atoms with Gasteiger partial charge >= 0.3 is 0 Å². The Labute approximate surface area is 89.7 Å². The first-order valence-corrected chi connectivity index (χ1v) is 5.05. The van der Waals surface area contributed by atoms with E-state index in [0.717, 1.165) is 12.8 Å². The predicted octanol–water partition coefficient (Wildman–Crippen LogP) is 2.25. The lowest BCUT2D eigenvalue weighted by Gasteiger charge is -2.09. The fourth-order valence-electron chi connectivity index (χ4n) is 1.45. The highest BCUT2D eigenvalue weighted by atomic mass is 32.1. The van der Waals surface area contributed by atoms with Crippen LogP contribution >= 0.6 is 12.2 Å². The summed E-state index contributed by atoms with van der Waals surface area (Å²) in [5.74, 6) is 0.757. The lowest BCUT2D eigenvalue weighted by Crippen LogP contribution is -2.13. The summed E-state index contributed by atoms with van der Waals surface area (Å²) in [6.45, 7) is 2.12. The monoisotopic (exact) mass is 209 g/mol. The molecule has 3 heteroatoms. The number of rotatable bonds is 4. The molecule has 76 valence electrons. The van der Waals surface area contributed by atoms with Gasteiger partial charge in [0.25, 0.3) is 0 Å². The van der Waals surface area contributed by atoms with Crippen molar-refractivity contribution in [1.82, 2.24) is 0 Å². The molecule has 0 aliphatic rings. The average molecular weight is 209 g/mol. The molecular weight excluding hydrogens is 194 g/mol. The molecule has 3 N–H and O–H groups in total. The summed E-state index contributed by atoms with van der Waals surface area (Å²) in [6.07, 6.45) is 1.72. The second-order valence-corrected chi connectivity index (χ2v) is 4.17. The SMILES string of the molecule is CC(CC(N)=S)Cc1ccc(O)cc1. The highest BCUT2D eigenvalue weighted by Crippen LogP contribution is 2.15. The van der Waals surface area contributed by atoms with E-state index in [-0.39, 0.29) is 0 Å². The van der Waals surface area contributed by atoms with Crippen LogP contribution in [0.15, 0.2) is 24.3 Å². The van der Waals surface area contributed by atoms with Crippen LogP contribution in [0.4, 0.5) is 0 Å². The van der Waals surface area contributed by atoms with Crippen molar-refractivity contribution in [3.8, 4) is 5.75 Å². The molecule has 1 rings (SSSR count). The Kier molecular flexibility index (Phi) is 3.89. The maximum Gasteiger partial charge on any atom is 0.115 e. The Morgan fingerprint density at radius 1 is 1.43 bits per heavy atom. The van der Waals surface area contributed by atoms with Crippen molar-refractivity contribution in [1.29, 1.82) is 0 Å². The zero-order valence-corrected chi connectivity index (χ0v) is 9.05. The molecule has 0 fully saturated rings. The van der Waals surface area contributed by atoms with Gasteiger partial charge in [0.05, 0.1) is 4.99 Å². The minimum Gasteiger partial charge on any atom is -0.508 e. The molecule has 1 aromatic rings. The highest BCUT2D eigenvalue weighted by Gasteiger charge is 2.04. The maximum atomic E-state index is 9.10. The fourth-order valence-corrected chi connectivity index (χ4v) is 1.73. The number of aromatic hydroxyl groups is 1. The zero-order valence-electron chi connectivity index (χ0n) is 8.23. The van der Waals surface area contributed by atoms with Gasteiger partial charge in [0, 0.05) is 6.42 Å². The van der Waals surface area contributed by atoms with Crippen molar-refractivity contribution in [2.75, 3.05) is 0 Å². The summed E-state index contributed by atoms with van der Waals surface area (Å²) in [4.78, 5) is 0.566. The molecule has 0 saturated heterocycles. The van der Waals surface area contributed by atoms with Crippen LogP contribution in [0, 0.1) is 5.92 Å². The summed E-state index contributed by atoms with van der Waals surface area (Å²) in [5.41, 5.74) is 6.66. The second-order valence-electron chi connectivity index (χ2n) is 3.65. The molecule has 0 bridgehead atoms. The summed E-state index contributed by atoms with van der Waals surface area (Å²) >= 11 is 4.85. The van der Waals surface area contributed by atoms with E-state index in [0.29, 0.717) is 16.7 Å². The van der Waals surface area contributed by atoms with Crippen LogP contribution in [-0.2, 0) is 6.42 Å². The van der Waals surface area contributed by atoms with E-state index in [9.17, 15) is 0 Å². The van der Waals surface area contributed by atoms with E-state index >= 15 is 0 Å². The summed E-state index contributed by atoms with van der Waals surface area (Å²) in [6, 6.07) is 7.24. The van der Waals surface area contributed by atoms with Crippen molar-refractivity contribution in [2.45, 2.75) is 19.8 Å². The van der Waals surface area contributed by atoms with Crippen LogP contribution in [0.1, 0.15) is 18.9 Å². The number of phenolic OH excluding ortho intramolecular Hbond substituents is 1. The van der Waals surface area contributed by atoms with Gasteiger partial charge in [-0.05, 0) is 30.0 Å². The van der Waals surface area contributed by atoms with Crippen LogP contribution in [-0.4, -0.2) is 10.1 Å². The maximum absolute atomic E-state index is 9.10. The third-order valence-electron chi connectivity index (χ3n) is 2.07. The van der Waals surface area contributed by atoms with E-state index in [1.165, 1.54) is 5.56 Å². The molecule has 0 radical (unpaired) electrons. The number of hydrogen-bond acceptors (Lipinski definition) is 2. The zero-order chi connectivity index (χ0) is 10.6. The van der Waals surface area contributed by atoms with Gasteiger partial charge in [-0.25, -0.2) is 0 Å². The molecule has 0 saturated carbocycles. The Bertz CT molecular complexity index is 308. The molecule has 0 heterocycles. The van der Waals surface area contributed by atoms with Crippen LogP contribution in [0.25, 0.3) is 0 Å². The number of phenols is 1. The van der Waals surface area contributed by atoms with Crippen LogP contribution in [0.2, 0.25) is 0 Å². The highest BCUT2D eigenvalue weighted by molar-refractivity contribution is 7.80. The van der Waals surface area contributed by atoms with Gasteiger partial charge in [0.1, 0.15) is 5.75 Å².